The summed E-state index contributed by atoms with van der Waals surface area (Å²) in [6, 6.07) is 2.77. The molecule has 3 aliphatic rings. The summed E-state index contributed by atoms with van der Waals surface area (Å²) >= 11 is 0. The third-order valence-electron chi connectivity index (χ3n) is 5.32. The lowest BCUT2D eigenvalue weighted by Crippen LogP contribution is -2.52. The number of nitrogens with zero attached hydrogens (tertiary/aromatic N) is 4. The molecule has 19 heavy (non-hydrogen) atoms. The summed E-state index contributed by atoms with van der Waals surface area (Å²) in [7, 11) is 0. The normalized spacial score (nSPS) is 34.9. The van der Waals surface area contributed by atoms with E-state index in [-0.39, 0.29) is 0 Å². The zero-order valence-electron chi connectivity index (χ0n) is 11.4. The van der Waals surface area contributed by atoms with Crippen LogP contribution in [0.1, 0.15) is 25.7 Å². The lowest BCUT2D eigenvalue weighted by Gasteiger charge is -2.41. The highest BCUT2D eigenvalue weighted by Crippen LogP contribution is 2.46. The molecule has 1 saturated heterocycles. The predicted molar refractivity (Wildman–Crippen MR) is 75.1 cm³/mol. The van der Waals surface area contributed by atoms with Gasteiger partial charge in [0, 0.05) is 44.6 Å². The number of piperazine rings is 1. The minimum atomic E-state index is 0.887. The summed E-state index contributed by atoms with van der Waals surface area (Å²) in [5, 5.41) is 0. The van der Waals surface area contributed by atoms with Crippen LogP contribution < -0.4 is 4.90 Å². The first-order valence-electron chi connectivity index (χ1n) is 7.66. The largest absolute Gasteiger partial charge is 0.338 e. The molecule has 3 atom stereocenters. The molecule has 2 saturated carbocycles. The Bertz CT molecular complexity index is 427. The second-order valence-electron chi connectivity index (χ2n) is 6.31. The van der Waals surface area contributed by atoms with Crippen LogP contribution in [-0.2, 0) is 0 Å². The predicted octanol–water partition coefficient (Wildman–Crippen LogP) is 1.79. The van der Waals surface area contributed by atoms with Crippen molar-refractivity contribution in [1.82, 2.24) is 14.9 Å². The summed E-state index contributed by atoms with van der Waals surface area (Å²) < 4.78 is 0. The SMILES string of the molecule is c1cnc(N2CCN([C@H]3C[C@H]4CC[C@@H]3C4)CC2)nc1. The van der Waals surface area contributed by atoms with Crippen LogP contribution in [0.4, 0.5) is 5.95 Å². The molecule has 4 rings (SSSR count). The van der Waals surface area contributed by atoms with E-state index in [0.717, 1.165) is 36.9 Å². The van der Waals surface area contributed by atoms with E-state index < -0.39 is 0 Å². The van der Waals surface area contributed by atoms with Crippen molar-refractivity contribution in [3.63, 3.8) is 0 Å². The third-order valence-corrected chi connectivity index (χ3v) is 5.32. The quantitative estimate of drug-likeness (QED) is 0.809. The Morgan fingerprint density at radius 2 is 1.74 bits per heavy atom. The smallest absolute Gasteiger partial charge is 0.225 e. The van der Waals surface area contributed by atoms with E-state index in [1.165, 1.54) is 38.8 Å². The van der Waals surface area contributed by atoms with Gasteiger partial charge in [0.1, 0.15) is 0 Å². The Morgan fingerprint density at radius 3 is 2.37 bits per heavy atom. The first-order valence-corrected chi connectivity index (χ1v) is 7.66. The topological polar surface area (TPSA) is 32.3 Å². The summed E-state index contributed by atoms with van der Waals surface area (Å²) in [5.41, 5.74) is 0. The van der Waals surface area contributed by atoms with Gasteiger partial charge in [-0.1, -0.05) is 6.42 Å². The molecule has 102 valence electrons. The van der Waals surface area contributed by atoms with Crippen LogP contribution in [0.15, 0.2) is 18.5 Å². The second-order valence-corrected chi connectivity index (χ2v) is 6.31. The van der Waals surface area contributed by atoms with E-state index in [1.54, 1.807) is 0 Å². The average molecular weight is 258 g/mol. The van der Waals surface area contributed by atoms with Crippen molar-refractivity contribution in [2.75, 3.05) is 31.1 Å². The summed E-state index contributed by atoms with van der Waals surface area (Å²) in [6.07, 6.45) is 9.63. The third kappa shape index (κ3) is 2.12. The maximum Gasteiger partial charge on any atom is 0.225 e. The van der Waals surface area contributed by atoms with Gasteiger partial charge in [0.05, 0.1) is 0 Å². The van der Waals surface area contributed by atoms with Crippen LogP contribution in [0.2, 0.25) is 0 Å². The molecular weight excluding hydrogens is 236 g/mol. The Labute approximate surface area is 114 Å². The molecule has 4 heteroatoms. The lowest BCUT2D eigenvalue weighted by molar-refractivity contribution is 0.134. The fourth-order valence-electron chi connectivity index (χ4n) is 4.37. The van der Waals surface area contributed by atoms with Crippen molar-refractivity contribution in [1.29, 1.82) is 0 Å². The minimum absolute atomic E-state index is 0.887. The number of aromatic nitrogens is 2. The van der Waals surface area contributed by atoms with Gasteiger partial charge in [-0.25, -0.2) is 9.97 Å². The van der Waals surface area contributed by atoms with Crippen LogP contribution >= 0.6 is 0 Å². The number of fused-ring (bicyclic) bond motifs is 2. The molecule has 0 radical (unpaired) electrons. The van der Waals surface area contributed by atoms with Gasteiger partial charge in [-0.3, -0.25) is 4.90 Å². The van der Waals surface area contributed by atoms with Crippen LogP contribution in [0.5, 0.6) is 0 Å². The highest BCUT2D eigenvalue weighted by atomic mass is 15.3. The summed E-state index contributed by atoms with van der Waals surface area (Å²) in [6.45, 7) is 4.54. The van der Waals surface area contributed by atoms with E-state index in [0.29, 0.717) is 0 Å². The van der Waals surface area contributed by atoms with Gasteiger partial charge in [0.2, 0.25) is 5.95 Å². The Hall–Kier alpha value is -1.16. The minimum Gasteiger partial charge on any atom is -0.338 e. The molecule has 0 unspecified atom stereocenters. The molecule has 1 aromatic heterocycles. The van der Waals surface area contributed by atoms with Crippen LogP contribution in [0.3, 0.4) is 0 Å². The van der Waals surface area contributed by atoms with Crippen LogP contribution in [0.25, 0.3) is 0 Å². The monoisotopic (exact) mass is 258 g/mol. The molecule has 4 nitrogen and oxygen atoms in total. The first-order chi connectivity index (χ1) is 9.40. The standard InChI is InChI=1S/C15H22N4/c1-4-16-15(17-5-1)19-8-6-18(7-9-19)14-11-12-2-3-13(14)10-12/h1,4-5,12-14H,2-3,6-11H2/t12-,13+,14-/m0/s1. The van der Waals surface area contributed by atoms with E-state index in [4.69, 9.17) is 0 Å². The summed E-state index contributed by atoms with van der Waals surface area (Å²) in [5.74, 6) is 2.95. The molecule has 0 N–H and O–H groups in total. The van der Waals surface area contributed by atoms with Crippen molar-refractivity contribution >= 4 is 5.95 Å². The molecule has 1 aromatic rings. The molecule has 1 aliphatic heterocycles. The van der Waals surface area contributed by atoms with Crippen LogP contribution in [0, 0.1) is 11.8 Å². The molecule has 0 spiro atoms. The Kier molecular flexibility index (Phi) is 2.91. The van der Waals surface area contributed by atoms with Gasteiger partial charge in [-0.2, -0.15) is 0 Å². The molecule has 2 bridgehead atoms. The van der Waals surface area contributed by atoms with Gasteiger partial charge in [0.15, 0.2) is 0 Å². The van der Waals surface area contributed by atoms with E-state index >= 15 is 0 Å². The highest BCUT2D eigenvalue weighted by molar-refractivity contribution is 5.29. The van der Waals surface area contributed by atoms with E-state index in [1.807, 2.05) is 18.5 Å². The zero-order valence-corrected chi connectivity index (χ0v) is 11.4. The van der Waals surface area contributed by atoms with Crippen molar-refractivity contribution in [2.24, 2.45) is 11.8 Å². The number of hydrogen-bond acceptors (Lipinski definition) is 4. The lowest BCUT2D eigenvalue weighted by atomic mass is 9.93. The second kappa shape index (κ2) is 4.75. The van der Waals surface area contributed by atoms with Crippen molar-refractivity contribution in [2.45, 2.75) is 31.7 Å². The highest BCUT2D eigenvalue weighted by Gasteiger charge is 2.42. The van der Waals surface area contributed by atoms with Gasteiger partial charge >= 0.3 is 0 Å². The summed E-state index contributed by atoms with van der Waals surface area (Å²) in [4.78, 5) is 13.8. The zero-order chi connectivity index (χ0) is 12.7. The average Bonchev–Trinajstić information content (AvgIpc) is 3.11. The Balaban J connectivity index is 1.38. The molecule has 2 aliphatic carbocycles. The number of rotatable bonds is 2. The fourth-order valence-corrected chi connectivity index (χ4v) is 4.37. The van der Waals surface area contributed by atoms with Gasteiger partial charge in [-0.15, -0.1) is 0 Å². The number of anilines is 1. The molecule has 2 heterocycles. The van der Waals surface area contributed by atoms with Crippen molar-refractivity contribution in [3.8, 4) is 0 Å². The Morgan fingerprint density at radius 1 is 0.947 bits per heavy atom. The maximum atomic E-state index is 4.36. The maximum absolute atomic E-state index is 4.36. The number of hydrogen-bond donors (Lipinski definition) is 0. The first kappa shape index (κ1) is 11.6. The van der Waals surface area contributed by atoms with Crippen molar-refractivity contribution < 1.29 is 0 Å². The molecular formula is C15H22N4. The van der Waals surface area contributed by atoms with E-state index in [2.05, 4.69) is 19.8 Å². The van der Waals surface area contributed by atoms with Gasteiger partial charge < -0.3 is 4.90 Å². The van der Waals surface area contributed by atoms with Crippen LogP contribution in [-0.4, -0.2) is 47.1 Å². The molecule has 0 amide bonds. The van der Waals surface area contributed by atoms with Crippen molar-refractivity contribution in [3.05, 3.63) is 18.5 Å². The van der Waals surface area contributed by atoms with Gasteiger partial charge in [-0.05, 0) is 37.2 Å². The fraction of sp³-hybridized carbons (Fsp3) is 0.733. The molecule has 3 fully saturated rings. The van der Waals surface area contributed by atoms with E-state index in [9.17, 15) is 0 Å². The molecule has 0 aromatic carbocycles. The van der Waals surface area contributed by atoms with Gasteiger partial charge in [0.25, 0.3) is 0 Å².